The van der Waals surface area contributed by atoms with Crippen molar-refractivity contribution in [1.82, 2.24) is 4.90 Å². The average molecular weight is 292 g/mol. The molecule has 114 valence electrons. The first-order valence-electron chi connectivity index (χ1n) is 6.82. The molecule has 6 heteroatoms. The zero-order chi connectivity index (χ0) is 15.4. The van der Waals surface area contributed by atoms with Gasteiger partial charge in [0.1, 0.15) is 29.1 Å². The van der Waals surface area contributed by atoms with Crippen molar-refractivity contribution in [1.29, 1.82) is 0 Å². The normalized spacial score (nSPS) is 12.3. The molecule has 0 aliphatic heterocycles. The lowest BCUT2D eigenvalue weighted by Gasteiger charge is -2.26. The summed E-state index contributed by atoms with van der Waals surface area (Å²) in [5.74, 6) is 2.86. The summed E-state index contributed by atoms with van der Waals surface area (Å²) in [6.07, 6.45) is -0.529. The Hall–Kier alpha value is -2.21. The van der Waals surface area contributed by atoms with E-state index in [0.717, 1.165) is 17.3 Å². The van der Waals surface area contributed by atoms with E-state index in [1.807, 2.05) is 26.0 Å². The summed E-state index contributed by atoms with van der Waals surface area (Å²) in [7, 11) is 0. The first-order valence-corrected chi connectivity index (χ1v) is 6.82. The van der Waals surface area contributed by atoms with Crippen LogP contribution in [-0.2, 0) is 6.42 Å². The van der Waals surface area contributed by atoms with E-state index in [0.29, 0.717) is 18.7 Å². The maximum atomic E-state index is 11.5. The molecule has 0 fully saturated rings. The minimum Gasteiger partial charge on any atom is -0.466 e. The second kappa shape index (κ2) is 6.49. The maximum Gasteiger partial charge on any atom is 0.407 e. The quantitative estimate of drug-likeness (QED) is 0.854. The van der Waals surface area contributed by atoms with Crippen LogP contribution in [0.15, 0.2) is 33.1 Å². The summed E-state index contributed by atoms with van der Waals surface area (Å²) in [5, 5.41) is 9.42. The van der Waals surface area contributed by atoms with Gasteiger partial charge in [0.05, 0.1) is 0 Å². The van der Waals surface area contributed by atoms with Crippen molar-refractivity contribution < 1.29 is 18.7 Å². The van der Waals surface area contributed by atoms with Gasteiger partial charge >= 0.3 is 6.09 Å². The molecule has 0 saturated carbocycles. The summed E-state index contributed by atoms with van der Waals surface area (Å²) in [6, 6.07) is 6.78. The lowest BCUT2D eigenvalue weighted by molar-refractivity contribution is 0.118. The molecule has 2 aromatic rings. The molecule has 0 saturated heterocycles. The van der Waals surface area contributed by atoms with E-state index in [-0.39, 0.29) is 6.54 Å². The van der Waals surface area contributed by atoms with E-state index in [2.05, 4.69) is 0 Å². The summed E-state index contributed by atoms with van der Waals surface area (Å²) in [4.78, 5) is 12.8. The van der Waals surface area contributed by atoms with Gasteiger partial charge in [0.25, 0.3) is 0 Å². The molecule has 2 heterocycles. The summed E-state index contributed by atoms with van der Waals surface area (Å²) < 4.78 is 11.0. The molecule has 0 aliphatic carbocycles. The number of carbonyl (C=O) groups is 1. The Bertz CT molecular complexity index is 602. The lowest BCUT2D eigenvalue weighted by atomic mass is 10.2. The van der Waals surface area contributed by atoms with Crippen molar-refractivity contribution in [3.05, 3.63) is 47.3 Å². The van der Waals surface area contributed by atoms with E-state index in [1.165, 1.54) is 4.90 Å². The van der Waals surface area contributed by atoms with Crippen molar-refractivity contribution in [3.8, 4) is 0 Å². The fourth-order valence-electron chi connectivity index (χ4n) is 2.26. The van der Waals surface area contributed by atoms with E-state index < -0.39 is 12.1 Å². The fraction of sp³-hybridized carbons (Fsp3) is 0.400. The number of nitrogens with zero attached hydrogens (tertiary/aromatic N) is 1. The van der Waals surface area contributed by atoms with E-state index >= 15 is 0 Å². The Morgan fingerprint density at radius 2 is 1.90 bits per heavy atom. The van der Waals surface area contributed by atoms with Gasteiger partial charge in [-0.05, 0) is 38.1 Å². The first kappa shape index (κ1) is 15.2. The van der Waals surface area contributed by atoms with Gasteiger partial charge in [0.15, 0.2) is 0 Å². The third-order valence-corrected chi connectivity index (χ3v) is 3.33. The second-order valence-electron chi connectivity index (χ2n) is 4.94. The molecule has 0 spiro atoms. The minimum atomic E-state index is -1.03. The molecule has 1 atom stereocenters. The van der Waals surface area contributed by atoms with Crippen LogP contribution in [0.5, 0.6) is 0 Å². The highest BCUT2D eigenvalue weighted by molar-refractivity contribution is 5.65. The lowest BCUT2D eigenvalue weighted by Crippen LogP contribution is -2.38. The Balaban J connectivity index is 2.11. The number of hydrogen-bond donors (Lipinski definition) is 2. The molecule has 0 bridgehead atoms. The van der Waals surface area contributed by atoms with Crippen LogP contribution >= 0.6 is 0 Å². The average Bonchev–Trinajstić information content (AvgIpc) is 3.03. The van der Waals surface area contributed by atoms with Gasteiger partial charge in [-0.25, -0.2) is 4.79 Å². The number of rotatable bonds is 6. The molecular formula is C15H20N2O4. The number of amides is 1. The minimum absolute atomic E-state index is 0.163. The Kier molecular flexibility index (Phi) is 4.70. The second-order valence-corrected chi connectivity index (χ2v) is 4.94. The molecule has 0 radical (unpaired) electrons. The highest BCUT2D eigenvalue weighted by Gasteiger charge is 2.26. The summed E-state index contributed by atoms with van der Waals surface area (Å²) >= 11 is 0. The van der Waals surface area contributed by atoms with Crippen molar-refractivity contribution in [2.75, 3.05) is 13.1 Å². The highest BCUT2D eigenvalue weighted by Crippen LogP contribution is 2.22. The van der Waals surface area contributed by atoms with Crippen molar-refractivity contribution in [3.63, 3.8) is 0 Å². The van der Waals surface area contributed by atoms with Crippen LogP contribution in [-0.4, -0.2) is 29.2 Å². The van der Waals surface area contributed by atoms with Crippen LogP contribution in [0.3, 0.4) is 0 Å². The third kappa shape index (κ3) is 3.66. The van der Waals surface area contributed by atoms with Crippen molar-refractivity contribution in [2.45, 2.75) is 26.3 Å². The highest BCUT2D eigenvalue weighted by atomic mass is 16.4. The van der Waals surface area contributed by atoms with Gasteiger partial charge in [-0.2, -0.15) is 0 Å². The number of aryl methyl sites for hydroxylation is 2. The van der Waals surface area contributed by atoms with Crippen molar-refractivity contribution >= 4 is 6.09 Å². The summed E-state index contributed by atoms with van der Waals surface area (Å²) in [6.45, 7) is 4.13. The fourth-order valence-corrected chi connectivity index (χ4v) is 2.26. The predicted octanol–water partition coefficient (Wildman–Crippen LogP) is 2.71. The van der Waals surface area contributed by atoms with Crippen LogP contribution in [0.4, 0.5) is 4.79 Å². The van der Waals surface area contributed by atoms with Crippen LogP contribution in [0.1, 0.15) is 29.1 Å². The molecule has 3 N–H and O–H groups in total. The van der Waals surface area contributed by atoms with Crippen LogP contribution in [0.25, 0.3) is 0 Å². The van der Waals surface area contributed by atoms with Crippen LogP contribution in [0.2, 0.25) is 0 Å². The van der Waals surface area contributed by atoms with Gasteiger partial charge in [-0.1, -0.05) is 0 Å². The predicted molar refractivity (Wildman–Crippen MR) is 77.1 cm³/mol. The van der Waals surface area contributed by atoms with Gasteiger partial charge in [-0.3, -0.25) is 4.90 Å². The smallest absolute Gasteiger partial charge is 0.407 e. The molecule has 1 amide bonds. The number of nitrogens with two attached hydrogens (primary N) is 1. The Labute approximate surface area is 123 Å². The molecule has 0 aliphatic rings. The SMILES string of the molecule is Cc1ccc(CCN(C(=O)O)C(CN)c2ccc(C)o2)o1. The van der Waals surface area contributed by atoms with E-state index in [4.69, 9.17) is 14.6 Å². The van der Waals surface area contributed by atoms with Gasteiger partial charge in [0, 0.05) is 19.5 Å². The molecule has 6 nitrogen and oxygen atoms in total. The first-order chi connectivity index (χ1) is 10.0. The number of carboxylic acid groups (broad SMARTS) is 1. The van der Waals surface area contributed by atoms with Gasteiger partial charge in [0.2, 0.25) is 0 Å². The van der Waals surface area contributed by atoms with E-state index in [9.17, 15) is 9.90 Å². The Morgan fingerprint density at radius 1 is 1.24 bits per heavy atom. The molecule has 2 aromatic heterocycles. The largest absolute Gasteiger partial charge is 0.466 e. The molecule has 0 aromatic carbocycles. The number of furan rings is 2. The monoisotopic (exact) mass is 292 g/mol. The van der Waals surface area contributed by atoms with E-state index in [1.54, 1.807) is 12.1 Å². The van der Waals surface area contributed by atoms with Crippen molar-refractivity contribution in [2.24, 2.45) is 5.73 Å². The zero-order valence-corrected chi connectivity index (χ0v) is 12.2. The molecule has 21 heavy (non-hydrogen) atoms. The Morgan fingerprint density at radius 3 is 2.38 bits per heavy atom. The van der Waals surface area contributed by atoms with Crippen LogP contribution < -0.4 is 5.73 Å². The zero-order valence-electron chi connectivity index (χ0n) is 12.2. The summed E-state index contributed by atoms with van der Waals surface area (Å²) in [5.41, 5.74) is 5.74. The third-order valence-electron chi connectivity index (χ3n) is 3.33. The molecule has 1 unspecified atom stereocenters. The molecule has 2 rings (SSSR count). The standard InChI is InChI=1S/C15H20N2O4/c1-10-3-5-12(20-10)7-8-17(15(18)19)13(9-16)14-6-4-11(2)21-14/h3-6,13H,7-9,16H2,1-2H3,(H,18,19). The maximum absolute atomic E-state index is 11.5. The van der Waals surface area contributed by atoms with Gasteiger partial charge in [-0.15, -0.1) is 0 Å². The molecular weight excluding hydrogens is 272 g/mol. The van der Waals surface area contributed by atoms with Gasteiger partial charge < -0.3 is 19.7 Å². The topological polar surface area (TPSA) is 92.8 Å². The van der Waals surface area contributed by atoms with Crippen LogP contribution in [0, 0.1) is 13.8 Å². The number of hydrogen-bond acceptors (Lipinski definition) is 4.